The first kappa shape index (κ1) is 13.8. The maximum atomic E-state index is 6.16. The molecule has 0 unspecified atom stereocenters. The molecule has 2 aromatic rings. The van der Waals surface area contributed by atoms with Gasteiger partial charge in [0.1, 0.15) is 5.82 Å². The van der Waals surface area contributed by atoms with Crippen LogP contribution in [0.1, 0.15) is 11.1 Å². The minimum absolute atomic E-state index is 0.818. The second kappa shape index (κ2) is 6.55. The Balaban J connectivity index is 1.97. The molecule has 0 radical (unpaired) electrons. The molecule has 0 spiro atoms. The number of aromatic nitrogens is 1. The fourth-order valence-corrected chi connectivity index (χ4v) is 2.15. The molecule has 1 aromatic heterocycles. The smallest absolute Gasteiger partial charge is 0.125 e. The summed E-state index contributed by atoms with van der Waals surface area (Å²) in [5, 5.41) is 3.83. The van der Waals surface area contributed by atoms with Crippen LogP contribution in [0.25, 0.3) is 0 Å². The summed E-state index contributed by atoms with van der Waals surface area (Å²) in [4.78, 5) is 6.53. The number of hydrogen-bond donors (Lipinski definition) is 1. The van der Waals surface area contributed by atoms with Gasteiger partial charge in [-0.25, -0.2) is 4.98 Å². The number of rotatable bonds is 5. The Morgan fingerprint density at radius 3 is 2.58 bits per heavy atom. The van der Waals surface area contributed by atoms with Gasteiger partial charge in [0.15, 0.2) is 0 Å². The van der Waals surface area contributed by atoms with Gasteiger partial charge in [0.25, 0.3) is 0 Å². The summed E-state index contributed by atoms with van der Waals surface area (Å²) in [6.45, 7) is 1.68. The predicted octanol–water partition coefficient (Wildman–Crippen LogP) is 3.41. The van der Waals surface area contributed by atoms with E-state index in [1.165, 1.54) is 5.56 Å². The molecule has 0 bridgehead atoms. The number of pyridine rings is 1. The first-order valence-corrected chi connectivity index (χ1v) is 6.61. The second-order valence-corrected chi connectivity index (χ2v) is 4.97. The molecule has 0 fully saturated rings. The lowest BCUT2D eigenvalue weighted by Gasteiger charge is -2.17. The van der Waals surface area contributed by atoms with Gasteiger partial charge in [-0.3, -0.25) is 4.90 Å². The van der Waals surface area contributed by atoms with Crippen LogP contribution in [0.15, 0.2) is 42.6 Å². The fourth-order valence-electron chi connectivity index (χ4n) is 1.95. The van der Waals surface area contributed by atoms with E-state index in [0.29, 0.717) is 0 Å². The molecule has 3 nitrogen and oxygen atoms in total. The van der Waals surface area contributed by atoms with Crippen LogP contribution in [0.5, 0.6) is 0 Å². The molecule has 19 heavy (non-hydrogen) atoms. The maximum Gasteiger partial charge on any atom is 0.125 e. The van der Waals surface area contributed by atoms with E-state index in [-0.39, 0.29) is 0 Å². The summed E-state index contributed by atoms with van der Waals surface area (Å²) in [5.41, 5.74) is 2.33. The van der Waals surface area contributed by atoms with Crippen molar-refractivity contribution >= 4 is 17.4 Å². The lowest BCUT2D eigenvalue weighted by Crippen LogP contribution is -2.17. The largest absolute Gasteiger partial charge is 0.373 e. The zero-order valence-electron chi connectivity index (χ0n) is 11.2. The third-order valence-corrected chi connectivity index (χ3v) is 3.30. The van der Waals surface area contributed by atoms with Crippen molar-refractivity contribution in [3.63, 3.8) is 0 Å². The topological polar surface area (TPSA) is 28.2 Å². The Bertz CT molecular complexity index is 525. The lowest BCUT2D eigenvalue weighted by atomic mass is 10.2. The van der Waals surface area contributed by atoms with E-state index in [0.717, 1.165) is 29.5 Å². The highest BCUT2D eigenvalue weighted by Crippen LogP contribution is 2.17. The van der Waals surface area contributed by atoms with Gasteiger partial charge in [-0.15, -0.1) is 0 Å². The number of halogens is 1. The minimum atomic E-state index is 0.818. The molecule has 1 heterocycles. The third-order valence-electron chi connectivity index (χ3n) is 2.93. The Hall–Kier alpha value is -1.58. The van der Waals surface area contributed by atoms with Crippen molar-refractivity contribution in [3.05, 3.63) is 58.7 Å². The van der Waals surface area contributed by atoms with Crippen molar-refractivity contribution in [1.82, 2.24) is 9.88 Å². The summed E-state index contributed by atoms with van der Waals surface area (Å²) in [6, 6.07) is 12.0. The Labute approximate surface area is 119 Å². The van der Waals surface area contributed by atoms with E-state index in [4.69, 9.17) is 11.6 Å². The predicted molar refractivity (Wildman–Crippen MR) is 80.4 cm³/mol. The molecular weight excluding hydrogens is 258 g/mol. The van der Waals surface area contributed by atoms with Crippen LogP contribution in [0.3, 0.4) is 0 Å². The van der Waals surface area contributed by atoms with Gasteiger partial charge in [0, 0.05) is 31.4 Å². The van der Waals surface area contributed by atoms with E-state index in [9.17, 15) is 0 Å². The van der Waals surface area contributed by atoms with E-state index in [2.05, 4.69) is 34.4 Å². The molecule has 0 saturated carbocycles. The number of anilines is 1. The van der Waals surface area contributed by atoms with Gasteiger partial charge in [0.2, 0.25) is 0 Å². The number of nitrogens with zero attached hydrogens (tertiary/aromatic N) is 2. The van der Waals surface area contributed by atoms with Crippen LogP contribution in [0.2, 0.25) is 5.02 Å². The molecule has 4 heteroatoms. The molecule has 100 valence electrons. The normalized spacial score (nSPS) is 10.7. The fraction of sp³-hybridized carbons (Fsp3) is 0.267. The Morgan fingerprint density at radius 1 is 1.16 bits per heavy atom. The monoisotopic (exact) mass is 275 g/mol. The van der Waals surface area contributed by atoms with Gasteiger partial charge < -0.3 is 5.32 Å². The molecule has 0 aliphatic carbocycles. The van der Waals surface area contributed by atoms with E-state index < -0.39 is 0 Å². The van der Waals surface area contributed by atoms with Crippen molar-refractivity contribution in [2.45, 2.75) is 13.1 Å². The van der Waals surface area contributed by atoms with Crippen molar-refractivity contribution in [3.8, 4) is 0 Å². The van der Waals surface area contributed by atoms with Crippen LogP contribution in [-0.4, -0.2) is 24.0 Å². The molecule has 0 aliphatic heterocycles. The maximum absolute atomic E-state index is 6.16. The first-order valence-electron chi connectivity index (χ1n) is 6.23. The number of nitrogens with one attached hydrogen (secondary N) is 1. The molecule has 1 aromatic carbocycles. The number of benzene rings is 1. The molecule has 0 atom stereocenters. The zero-order valence-corrected chi connectivity index (χ0v) is 12.0. The van der Waals surface area contributed by atoms with Crippen LogP contribution in [0, 0.1) is 0 Å². The average Bonchev–Trinajstić information content (AvgIpc) is 2.42. The average molecular weight is 276 g/mol. The molecular formula is C15H18ClN3. The van der Waals surface area contributed by atoms with Crippen LogP contribution >= 0.6 is 11.6 Å². The summed E-state index contributed by atoms with van der Waals surface area (Å²) >= 11 is 6.16. The van der Waals surface area contributed by atoms with E-state index in [1.807, 2.05) is 37.5 Å². The highest BCUT2D eigenvalue weighted by atomic mass is 35.5. The van der Waals surface area contributed by atoms with E-state index >= 15 is 0 Å². The van der Waals surface area contributed by atoms with Gasteiger partial charge in [-0.1, -0.05) is 35.9 Å². The van der Waals surface area contributed by atoms with Gasteiger partial charge in [0.05, 0.1) is 0 Å². The van der Waals surface area contributed by atoms with Crippen molar-refractivity contribution in [2.24, 2.45) is 0 Å². The standard InChI is InChI=1S/C15H18ClN3/c1-17-15-8-7-12(9-18-15)10-19(2)11-13-5-3-4-6-14(13)16/h3-9H,10-11H2,1-2H3,(H,17,18). The molecule has 0 saturated heterocycles. The summed E-state index contributed by atoms with van der Waals surface area (Å²) in [5.74, 6) is 0.887. The highest BCUT2D eigenvalue weighted by Gasteiger charge is 2.05. The summed E-state index contributed by atoms with van der Waals surface area (Å²) in [6.07, 6.45) is 1.90. The van der Waals surface area contributed by atoms with Crippen molar-refractivity contribution in [1.29, 1.82) is 0 Å². The Kier molecular flexibility index (Phi) is 4.77. The lowest BCUT2D eigenvalue weighted by molar-refractivity contribution is 0.319. The van der Waals surface area contributed by atoms with Crippen molar-refractivity contribution in [2.75, 3.05) is 19.4 Å². The zero-order chi connectivity index (χ0) is 13.7. The van der Waals surface area contributed by atoms with Crippen LogP contribution in [-0.2, 0) is 13.1 Å². The van der Waals surface area contributed by atoms with Gasteiger partial charge in [-0.2, -0.15) is 0 Å². The first-order chi connectivity index (χ1) is 9.19. The quantitative estimate of drug-likeness (QED) is 0.906. The van der Waals surface area contributed by atoms with Crippen LogP contribution < -0.4 is 5.32 Å². The van der Waals surface area contributed by atoms with Crippen LogP contribution in [0.4, 0.5) is 5.82 Å². The van der Waals surface area contributed by atoms with Gasteiger partial charge >= 0.3 is 0 Å². The second-order valence-electron chi connectivity index (χ2n) is 4.57. The molecule has 0 aliphatic rings. The molecule has 1 N–H and O–H groups in total. The number of hydrogen-bond acceptors (Lipinski definition) is 3. The SMILES string of the molecule is CNc1ccc(CN(C)Cc2ccccc2Cl)cn1. The van der Waals surface area contributed by atoms with Gasteiger partial charge in [-0.05, 0) is 30.3 Å². The highest BCUT2D eigenvalue weighted by molar-refractivity contribution is 6.31. The third kappa shape index (κ3) is 3.94. The van der Waals surface area contributed by atoms with Crippen molar-refractivity contribution < 1.29 is 0 Å². The summed E-state index contributed by atoms with van der Waals surface area (Å²) in [7, 11) is 3.95. The molecule has 0 amide bonds. The van der Waals surface area contributed by atoms with E-state index in [1.54, 1.807) is 0 Å². The Morgan fingerprint density at radius 2 is 1.95 bits per heavy atom. The summed E-state index contributed by atoms with van der Waals surface area (Å²) < 4.78 is 0. The minimum Gasteiger partial charge on any atom is -0.373 e. The molecule has 2 rings (SSSR count).